The zero-order chi connectivity index (χ0) is 28.5. The molecular weight excluding hydrogens is 486 g/mol. The molecule has 212 valence electrons. The Morgan fingerprint density at radius 3 is 1.82 bits per heavy atom. The van der Waals surface area contributed by atoms with E-state index in [0.717, 1.165) is 31.4 Å². The Kier molecular flexibility index (Phi) is 8.39. The first-order valence-corrected chi connectivity index (χ1v) is 15.6. The van der Waals surface area contributed by atoms with E-state index in [-0.39, 0.29) is 10.8 Å². The maximum absolute atomic E-state index is 6.36. The van der Waals surface area contributed by atoms with Gasteiger partial charge in [0.15, 0.2) is 0 Å². The van der Waals surface area contributed by atoms with Crippen molar-refractivity contribution in [2.75, 3.05) is 13.2 Å². The van der Waals surface area contributed by atoms with E-state index in [2.05, 4.69) is 115 Å². The molecule has 40 heavy (non-hydrogen) atoms. The first-order valence-electron chi connectivity index (χ1n) is 15.6. The summed E-state index contributed by atoms with van der Waals surface area (Å²) in [6.07, 6.45) is 8.80. The summed E-state index contributed by atoms with van der Waals surface area (Å²) in [5.74, 6) is 0.997. The van der Waals surface area contributed by atoms with Gasteiger partial charge in [0.25, 0.3) is 0 Å². The van der Waals surface area contributed by atoms with Crippen LogP contribution in [0, 0.1) is 11.8 Å². The van der Waals surface area contributed by atoms with E-state index in [0.29, 0.717) is 17.9 Å². The molecule has 3 unspecified atom stereocenters. The minimum Gasteiger partial charge on any atom is -0.378 e. The Bertz CT molecular complexity index is 1410. The summed E-state index contributed by atoms with van der Waals surface area (Å²) >= 11 is 0. The summed E-state index contributed by atoms with van der Waals surface area (Å²) < 4.78 is 6.36. The average Bonchev–Trinajstić information content (AvgIpc) is 2.92. The molecule has 2 aliphatic heterocycles. The van der Waals surface area contributed by atoms with Crippen molar-refractivity contribution in [3.05, 3.63) is 82.4 Å². The van der Waals surface area contributed by atoms with Crippen LogP contribution < -0.4 is 10.6 Å². The largest absolute Gasteiger partial charge is 0.378 e. The summed E-state index contributed by atoms with van der Waals surface area (Å²) in [6.45, 7) is 17.8. The fraction of sp³-hybridized carbons (Fsp3) is 0.500. The van der Waals surface area contributed by atoms with Crippen molar-refractivity contribution in [1.82, 2.24) is 0 Å². The second-order valence-corrected chi connectivity index (χ2v) is 14.1. The van der Waals surface area contributed by atoms with Gasteiger partial charge in [-0.2, -0.15) is 0 Å². The Labute approximate surface area is 242 Å². The van der Waals surface area contributed by atoms with E-state index in [9.17, 15) is 0 Å². The number of benzene rings is 3. The molecule has 1 saturated heterocycles. The van der Waals surface area contributed by atoms with E-state index in [1.165, 1.54) is 57.9 Å². The van der Waals surface area contributed by atoms with Gasteiger partial charge in [-0.3, -0.25) is 4.99 Å². The minimum absolute atomic E-state index is 0.137. The van der Waals surface area contributed by atoms with Gasteiger partial charge in [-0.15, -0.1) is 0 Å². The molecule has 2 heterocycles. The quantitative estimate of drug-likeness (QED) is 0.328. The van der Waals surface area contributed by atoms with Crippen LogP contribution in [-0.4, -0.2) is 19.3 Å². The molecule has 3 aromatic rings. The van der Waals surface area contributed by atoms with E-state index < -0.39 is 0 Å². The van der Waals surface area contributed by atoms with E-state index in [1.54, 1.807) is 0 Å². The van der Waals surface area contributed by atoms with Gasteiger partial charge in [0, 0.05) is 23.9 Å². The molecule has 0 amide bonds. The van der Waals surface area contributed by atoms with Crippen LogP contribution in [0.2, 0.25) is 0 Å². The van der Waals surface area contributed by atoms with Crippen molar-refractivity contribution in [2.24, 2.45) is 16.8 Å². The van der Waals surface area contributed by atoms with Crippen LogP contribution in [0.5, 0.6) is 0 Å². The van der Waals surface area contributed by atoms with E-state index in [4.69, 9.17) is 9.73 Å². The molecule has 3 aromatic carbocycles. The van der Waals surface area contributed by atoms with Gasteiger partial charge in [-0.05, 0) is 82.6 Å². The Hall–Kier alpha value is -2.71. The van der Waals surface area contributed by atoms with Crippen molar-refractivity contribution in [3.63, 3.8) is 0 Å². The lowest BCUT2D eigenvalue weighted by molar-refractivity contribution is -0.0326. The lowest BCUT2D eigenvalue weighted by atomic mass is 9.79. The van der Waals surface area contributed by atoms with E-state index >= 15 is 0 Å². The second kappa shape index (κ2) is 11.6. The van der Waals surface area contributed by atoms with Crippen LogP contribution in [0.25, 0.3) is 28.3 Å². The molecule has 0 saturated carbocycles. The summed E-state index contributed by atoms with van der Waals surface area (Å²) in [7, 11) is 0. The first-order chi connectivity index (χ1) is 19.1. The highest BCUT2D eigenvalue weighted by molar-refractivity contribution is 5.72. The SMILES string of the molecule is CCC1C=c2c(-c3ccc(C(C)(C)C)cc3)ccc(-c3ccc(C(C)(C)C)cc3)c2=NCCC1C1CCCCO1. The highest BCUT2D eigenvalue weighted by atomic mass is 16.5. The molecule has 0 spiro atoms. The van der Waals surface area contributed by atoms with Gasteiger partial charge < -0.3 is 4.74 Å². The molecular formula is C38H49NO. The third-order valence-electron chi connectivity index (χ3n) is 9.17. The molecule has 1 fully saturated rings. The fourth-order valence-corrected chi connectivity index (χ4v) is 6.59. The third kappa shape index (κ3) is 6.13. The molecule has 2 heteroatoms. The summed E-state index contributed by atoms with van der Waals surface area (Å²) in [5, 5.41) is 2.45. The van der Waals surface area contributed by atoms with Crippen molar-refractivity contribution in [3.8, 4) is 22.3 Å². The monoisotopic (exact) mass is 535 g/mol. The van der Waals surface area contributed by atoms with Gasteiger partial charge >= 0.3 is 0 Å². The van der Waals surface area contributed by atoms with Crippen LogP contribution in [-0.2, 0) is 15.6 Å². The first kappa shape index (κ1) is 28.8. The third-order valence-corrected chi connectivity index (χ3v) is 9.17. The maximum atomic E-state index is 6.36. The molecule has 0 bridgehead atoms. The Morgan fingerprint density at radius 1 is 0.725 bits per heavy atom. The lowest BCUT2D eigenvalue weighted by Crippen LogP contribution is -2.38. The Morgan fingerprint density at radius 2 is 1.30 bits per heavy atom. The van der Waals surface area contributed by atoms with Crippen LogP contribution >= 0.6 is 0 Å². The second-order valence-electron chi connectivity index (χ2n) is 14.1. The van der Waals surface area contributed by atoms with Crippen LogP contribution in [0.1, 0.15) is 91.7 Å². The highest BCUT2D eigenvalue weighted by Crippen LogP contribution is 2.33. The molecule has 0 aromatic heterocycles. The van der Waals surface area contributed by atoms with E-state index in [1.807, 2.05) is 0 Å². The van der Waals surface area contributed by atoms with Gasteiger partial charge in [-0.1, -0.05) is 115 Å². The zero-order valence-corrected chi connectivity index (χ0v) is 25.9. The minimum atomic E-state index is 0.137. The number of fused-ring (bicyclic) bond motifs is 1. The van der Waals surface area contributed by atoms with Crippen molar-refractivity contribution in [1.29, 1.82) is 0 Å². The number of hydrogen-bond acceptors (Lipinski definition) is 2. The van der Waals surface area contributed by atoms with Crippen molar-refractivity contribution >= 4 is 6.08 Å². The molecule has 0 aliphatic carbocycles. The standard InChI is InChI=1S/C38H49NO/c1-8-26-25-34-31(27-12-16-29(17-13-27)37(2,3)4)20-21-33(28-14-18-30(19-15-28)38(5,6)7)36(34)39-23-22-32(26)35-11-9-10-24-40-35/h12-21,25-26,32,35H,8-11,22-24H2,1-7H3. The highest BCUT2D eigenvalue weighted by Gasteiger charge is 2.30. The summed E-state index contributed by atoms with van der Waals surface area (Å²) in [5.41, 5.74) is 8.05. The van der Waals surface area contributed by atoms with Gasteiger partial charge in [0.05, 0.1) is 11.5 Å². The van der Waals surface area contributed by atoms with Crippen molar-refractivity contribution < 1.29 is 4.74 Å². The topological polar surface area (TPSA) is 21.6 Å². The number of hydrogen-bond donors (Lipinski definition) is 0. The molecule has 5 rings (SSSR count). The van der Waals surface area contributed by atoms with Crippen molar-refractivity contribution in [2.45, 2.75) is 97.5 Å². The number of nitrogens with zero attached hydrogens (tertiary/aromatic N) is 1. The predicted octanol–water partition coefficient (Wildman–Crippen LogP) is 8.63. The molecule has 0 radical (unpaired) electrons. The number of rotatable bonds is 4. The fourth-order valence-electron chi connectivity index (χ4n) is 6.59. The average molecular weight is 536 g/mol. The summed E-state index contributed by atoms with van der Waals surface area (Å²) in [4.78, 5) is 5.36. The lowest BCUT2D eigenvalue weighted by Gasteiger charge is -2.35. The molecule has 0 N–H and O–H groups in total. The Balaban J connectivity index is 1.68. The van der Waals surface area contributed by atoms with Gasteiger partial charge in [-0.25, -0.2) is 0 Å². The van der Waals surface area contributed by atoms with Crippen LogP contribution in [0.4, 0.5) is 0 Å². The van der Waals surface area contributed by atoms with Crippen LogP contribution in [0.3, 0.4) is 0 Å². The molecule has 2 aliphatic rings. The maximum Gasteiger partial charge on any atom is 0.0728 e. The smallest absolute Gasteiger partial charge is 0.0728 e. The predicted molar refractivity (Wildman–Crippen MR) is 170 cm³/mol. The number of ether oxygens (including phenoxy) is 1. The zero-order valence-electron chi connectivity index (χ0n) is 25.9. The van der Waals surface area contributed by atoms with Crippen LogP contribution in [0.15, 0.2) is 65.7 Å². The molecule has 2 nitrogen and oxygen atoms in total. The van der Waals surface area contributed by atoms with Gasteiger partial charge in [0.2, 0.25) is 0 Å². The molecule has 3 atom stereocenters. The normalized spacial score (nSPS) is 21.9. The summed E-state index contributed by atoms with van der Waals surface area (Å²) in [6, 6.07) is 23.0. The van der Waals surface area contributed by atoms with Gasteiger partial charge in [0.1, 0.15) is 0 Å².